The molecule has 7 nitrogen and oxygen atoms in total. The van der Waals surface area contributed by atoms with Crippen LogP contribution in [0.5, 0.6) is 0 Å². The largest absolute Gasteiger partial charge is 0.311 e. The van der Waals surface area contributed by atoms with Gasteiger partial charge in [-0.25, -0.2) is 0 Å². The zero-order chi connectivity index (χ0) is 19.1. The van der Waals surface area contributed by atoms with Gasteiger partial charge in [0.1, 0.15) is 5.01 Å². The van der Waals surface area contributed by atoms with Crippen LogP contribution in [0.1, 0.15) is 10.6 Å². The number of benzene rings is 1. The number of carbonyl (C=O) groups is 2. The topological polar surface area (TPSA) is 78.8 Å². The minimum Gasteiger partial charge on any atom is -0.311 e. The lowest BCUT2D eigenvalue weighted by atomic mass is 10.1. The lowest BCUT2D eigenvalue weighted by molar-refractivity contribution is -0.122. The summed E-state index contributed by atoms with van der Waals surface area (Å²) in [5, 5.41) is 9.68. The highest BCUT2D eigenvalue weighted by atomic mass is 32.2. The fourth-order valence-corrected chi connectivity index (χ4v) is 4.63. The maximum atomic E-state index is 13.1. The van der Waals surface area contributed by atoms with Gasteiger partial charge in [0.25, 0.3) is 11.8 Å². The second kappa shape index (κ2) is 6.75. The van der Waals surface area contributed by atoms with Gasteiger partial charge in [0.05, 0.1) is 16.2 Å². The lowest BCUT2D eigenvalue weighted by Crippen LogP contribution is -2.29. The van der Waals surface area contributed by atoms with Crippen LogP contribution in [0.3, 0.4) is 0 Å². The number of likely N-dealkylation sites (N-methyl/N-ethyl adjacent to an activating group) is 1. The third-order valence-electron chi connectivity index (χ3n) is 4.16. The van der Waals surface area contributed by atoms with Gasteiger partial charge in [0.2, 0.25) is 5.13 Å². The van der Waals surface area contributed by atoms with E-state index in [1.54, 1.807) is 18.0 Å². The molecule has 136 valence electrons. The van der Waals surface area contributed by atoms with Crippen molar-refractivity contribution < 1.29 is 9.59 Å². The summed E-state index contributed by atoms with van der Waals surface area (Å²) in [7, 11) is 1.71. The van der Waals surface area contributed by atoms with Crippen molar-refractivity contribution >= 4 is 56.5 Å². The molecule has 1 aromatic carbocycles. The first-order valence-corrected chi connectivity index (χ1v) is 9.75. The van der Waals surface area contributed by atoms with Gasteiger partial charge in [0, 0.05) is 19.2 Å². The van der Waals surface area contributed by atoms with Crippen molar-refractivity contribution in [3.8, 4) is 0 Å². The SMILES string of the molecule is C=CCN1C(=O)/C(=C2/C(=O)N(C)c3ccccc32)S/C1=N/c1nnc(C)s1. The summed E-state index contributed by atoms with van der Waals surface area (Å²) in [5.74, 6) is -0.452. The minimum absolute atomic E-state index is 0.196. The zero-order valence-electron chi connectivity index (χ0n) is 14.7. The Morgan fingerprint density at radius 3 is 2.70 bits per heavy atom. The molecule has 0 radical (unpaired) electrons. The van der Waals surface area contributed by atoms with Crippen LogP contribution in [0.15, 0.2) is 46.8 Å². The van der Waals surface area contributed by atoms with E-state index < -0.39 is 0 Å². The Bertz CT molecular complexity index is 1040. The first-order chi connectivity index (χ1) is 13.0. The highest BCUT2D eigenvalue weighted by molar-refractivity contribution is 8.18. The van der Waals surface area contributed by atoms with Crippen molar-refractivity contribution in [2.75, 3.05) is 18.5 Å². The van der Waals surface area contributed by atoms with E-state index in [9.17, 15) is 9.59 Å². The van der Waals surface area contributed by atoms with Gasteiger partial charge in [-0.15, -0.1) is 16.8 Å². The molecule has 1 aromatic heterocycles. The van der Waals surface area contributed by atoms with Crippen LogP contribution < -0.4 is 4.90 Å². The lowest BCUT2D eigenvalue weighted by Gasteiger charge is -2.11. The predicted octanol–water partition coefficient (Wildman–Crippen LogP) is 2.98. The van der Waals surface area contributed by atoms with E-state index in [0.717, 1.165) is 16.3 Å². The Kier molecular flexibility index (Phi) is 4.40. The van der Waals surface area contributed by atoms with Crippen LogP contribution in [0.4, 0.5) is 10.8 Å². The van der Waals surface area contributed by atoms with Crippen molar-refractivity contribution in [3.05, 3.63) is 52.4 Å². The number of aryl methyl sites for hydroxylation is 1. The molecule has 2 aromatic rings. The molecule has 0 unspecified atom stereocenters. The molecule has 9 heteroatoms. The fraction of sp³-hybridized carbons (Fsp3) is 0.167. The van der Waals surface area contributed by atoms with E-state index in [1.165, 1.54) is 28.0 Å². The number of para-hydroxylation sites is 1. The van der Waals surface area contributed by atoms with Crippen LogP contribution in [0.2, 0.25) is 0 Å². The summed E-state index contributed by atoms with van der Waals surface area (Å²) in [6, 6.07) is 7.45. The minimum atomic E-state index is -0.256. The number of amidine groups is 1. The van der Waals surface area contributed by atoms with Crippen molar-refractivity contribution in [1.82, 2.24) is 15.1 Å². The maximum absolute atomic E-state index is 13.1. The van der Waals surface area contributed by atoms with E-state index >= 15 is 0 Å². The summed E-state index contributed by atoms with van der Waals surface area (Å²) in [6.07, 6.45) is 1.63. The molecule has 1 fully saturated rings. The smallest absolute Gasteiger partial charge is 0.267 e. The van der Waals surface area contributed by atoms with Crippen molar-refractivity contribution in [1.29, 1.82) is 0 Å². The first-order valence-electron chi connectivity index (χ1n) is 8.12. The molecule has 0 aliphatic carbocycles. The van der Waals surface area contributed by atoms with Gasteiger partial charge in [-0.3, -0.25) is 14.5 Å². The molecule has 3 heterocycles. The van der Waals surface area contributed by atoms with E-state index in [-0.39, 0.29) is 11.8 Å². The fourth-order valence-electron chi connectivity index (χ4n) is 2.93. The second-order valence-corrected chi connectivity index (χ2v) is 8.03. The van der Waals surface area contributed by atoms with Crippen LogP contribution in [-0.2, 0) is 9.59 Å². The van der Waals surface area contributed by atoms with Gasteiger partial charge in [-0.05, 0) is 24.8 Å². The molecule has 0 atom stereocenters. The summed E-state index contributed by atoms with van der Waals surface area (Å²) >= 11 is 2.53. The van der Waals surface area contributed by atoms with E-state index in [0.29, 0.717) is 27.3 Å². The molecule has 27 heavy (non-hydrogen) atoms. The third kappa shape index (κ3) is 2.88. The summed E-state index contributed by atoms with van der Waals surface area (Å²) < 4.78 is 0. The zero-order valence-corrected chi connectivity index (χ0v) is 16.3. The molecular weight excluding hydrogens is 382 g/mol. The van der Waals surface area contributed by atoms with E-state index in [2.05, 4.69) is 21.8 Å². The number of hydrogen-bond acceptors (Lipinski definition) is 7. The number of aromatic nitrogens is 2. The second-order valence-electron chi connectivity index (χ2n) is 5.89. The number of fused-ring (bicyclic) bond motifs is 1. The molecule has 0 spiro atoms. The van der Waals surface area contributed by atoms with E-state index in [4.69, 9.17) is 0 Å². The molecule has 0 N–H and O–H groups in total. The molecule has 2 aliphatic heterocycles. The number of carbonyl (C=O) groups excluding carboxylic acids is 2. The van der Waals surface area contributed by atoms with Gasteiger partial charge < -0.3 is 4.90 Å². The number of thioether (sulfide) groups is 1. The van der Waals surface area contributed by atoms with Crippen LogP contribution in [0, 0.1) is 6.92 Å². The van der Waals surface area contributed by atoms with Gasteiger partial charge >= 0.3 is 0 Å². The Hall–Kier alpha value is -2.78. The molecule has 4 rings (SSSR count). The molecule has 0 saturated carbocycles. The highest BCUT2D eigenvalue weighted by Crippen LogP contribution is 2.44. The quantitative estimate of drug-likeness (QED) is 0.588. The highest BCUT2D eigenvalue weighted by Gasteiger charge is 2.41. The predicted molar refractivity (Wildman–Crippen MR) is 108 cm³/mol. The summed E-state index contributed by atoms with van der Waals surface area (Å²) in [4.78, 5) is 33.8. The molecule has 2 amide bonds. The average Bonchev–Trinajstić information content (AvgIpc) is 3.27. The van der Waals surface area contributed by atoms with Gasteiger partial charge in [-0.2, -0.15) is 4.99 Å². The number of nitrogens with zero attached hydrogens (tertiary/aromatic N) is 5. The Morgan fingerprint density at radius 2 is 2.00 bits per heavy atom. The Labute approximate surface area is 164 Å². The van der Waals surface area contributed by atoms with E-state index in [1.807, 2.05) is 31.2 Å². The Balaban J connectivity index is 1.84. The van der Waals surface area contributed by atoms with Crippen LogP contribution in [-0.4, -0.2) is 45.7 Å². The van der Waals surface area contributed by atoms with Crippen molar-refractivity contribution in [2.45, 2.75) is 6.92 Å². The van der Waals surface area contributed by atoms with Crippen molar-refractivity contribution in [2.24, 2.45) is 4.99 Å². The number of aliphatic imine (C=N–C) groups is 1. The number of anilines is 1. The van der Waals surface area contributed by atoms with Gasteiger partial charge in [-0.1, -0.05) is 35.6 Å². The molecule has 0 bridgehead atoms. The number of amides is 2. The standard InChI is InChI=1S/C18H15N5O2S2/c1-4-9-23-16(25)14(27-18(23)19-17-21-20-10(2)26-17)13-11-7-5-6-8-12(11)22(3)15(13)24/h4-8H,1,9H2,2-3H3/b14-13-,19-18+. The molecule has 2 aliphatic rings. The van der Waals surface area contributed by atoms with Crippen LogP contribution in [0.25, 0.3) is 5.57 Å². The summed E-state index contributed by atoms with van der Waals surface area (Å²) in [5.41, 5.74) is 1.96. The molecule has 1 saturated heterocycles. The number of hydrogen-bond donors (Lipinski definition) is 0. The van der Waals surface area contributed by atoms with Gasteiger partial charge in [0.15, 0.2) is 5.17 Å². The monoisotopic (exact) mass is 397 g/mol. The van der Waals surface area contributed by atoms with Crippen molar-refractivity contribution in [3.63, 3.8) is 0 Å². The third-order valence-corrected chi connectivity index (χ3v) is 5.97. The Morgan fingerprint density at radius 1 is 1.22 bits per heavy atom. The average molecular weight is 397 g/mol. The number of rotatable bonds is 3. The normalized spacial score (nSPS) is 20.7. The first kappa shape index (κ1) is 17.6. The summed E-state index contributed by atoms with van der Waals surface area (Å²) in [6.45, 7) is 5.85. The maximum Gasteiger partial charge on any atom is 0.267 e. The van der Waals surface area contributed by atoms with Crippen LogP contribution >= 0.6 is 23.1 Å². The molecular formula is C18H15N5O2S2.